The monoisotopic (exact) mass is 324 g/mol. The third-order valence-electron chi connectivity index (χ3n) is 3.32. The van der Waals surface area contributed by atoms with Gasteiger partial charge in [-0.15, -0.1) is 0 Å². The molecule has 0 amide bonds. The van der Waals surface area contributed by atoms with Crippen molar-refractivity contribution in [2.24, 2.45) is 5.10 Å². The Balaban J connectivity index is 2.03. The summed E-state index contributed by atoms with van der Waals surface area (Å²) in [5.74, 6) is -0.311. The van der Waals surface area contributed by atoms with Gasteiger partial charge >= 0.3 is 0 Å². The van der Waals surface area contributed by atoms with Crippen molar-refractivity contribution < 1.29 is 4.39 Å². The Bertz CT molecular complexity index is 745. The van der Waals surface area contributed by atoms with Gasteiger partial charge in [0.15, 0.2) is 0 Å². The highest BCUT2D eigenvalue weighted by Crippen LogP contribution is 2.20. The number of hydrogen-bond donors (Lipinski definition) is 0. The summed E-state index contributed by atoms with van der Waals surface area (Å²) < 4.78 is 14.3. The van der Waals surface area contributed by atoms with Gasteiger partial charge in [0.05, 0.1) is 11.4 Å². The molecule has 114 valence electrons. The largest absolute Gasteiger partial charge is 0.207 e. The number of benzene rings is 3. The van der Waals surface area contributed by atoms with E-state index in [0.29, 0.717) is 5.69 Å². The summed E-state index contributed by atoms with van der Waals surface area (Å²) >= 11 is 6.28. The Morgan fingerprint density at radius 2 is 1.22 bits per heavy atom. The number of rotatable bonds is 4. The second-order valence-corrected chi connectivity index (χ2v) is 5.24. The standard InChI is InChI=1S/C19H14ClFN2/c20-23(18-13-11-17(21)12-14-18)22-19(15-7-3-1-4-8-15)16-9-5-2-6-10-16/h1-14H. The number of hydrazone groups is 1. The van der Waals surface area contributed by atoms with Crippen molar-refractivity contribution in [3.8, 4) is 0 Å². The zero-order valence-electron chi connectivity index (χ0n) is 12.2. The number of nitrogens with zero attached hydrogens (tertiary/aromatic N) is 2. The Hall–Kier alpha value is -2.65. The molecule has 0 N–H and O–H groups in total. The van der Waals surface area contributed by atoms with E-state index < -0.39 is 0 Å². The number of halogens is 2. The zero-order valence-corrected chi connectivity index (χ0v) is 13.0. The van der Waals surface area contributed by atoms with E-state index in [1.54, 1.807) is 12.1 Å². The van der Waals surface area contributed by atoms with Gasteiger partial charge in [-0.05, 0) is 24.3 Å². The molecule has 0 spiro atoms. The average molecular weight is 325 g/mol. The van der Waals surface area contributed by atoms with E-state index in [4.69, 9.17) is 11.8 Å². The fourth-order valence-electron chi connectivity index (χ4n) is 2.18. The first-order chi connectivity index (χ1) is 11.2. The van der Waals surface area contributed by atoms with E-state index in [1.165, 1.54) is 16.7 Å². The summed E-state index contributed by atoms with van der Waals surface area (Å²) in [5, 5.41) is 4.51. The zero-order chi connectivity index (χ0) is 16.1. The fraction of sp³-hybridized carbons (Fsp3) is 0. The van der Waals surface area contributed by atoms with Gasteiger partial charge in [-0.2, -0.15) is 9.63 Å². The minimum absolute atomic E-state index is 0.311. The van der Waals surface area contributed by atoms with Crippen LogP contribution in [0.1, 0.15) is 11.1 Å². The fourth-order valence-corrected chi connectivity index (χ4v) is 2.37. The summed E-state index contributed by atoms with van der Waals surface area (Å²) in [6.45, 7) is 0. The van der Waals surface area contributed by atoms with Gasteiger partial charge in [0, 0.05) is 22.9 Å². The Morgan fingerprint density at radius 1 is 0.739 bits per heavy atom. The molecule has 0 radical (unpaired) electrons. The molecule has 0 aromatic heterocycles. The molecule has 0 saturated carbocycles. The minimum Gasteiger partial charge on any atom is -0.207 e. The second kappa shape index (κ2) is 7.07. The SMILES string of the molecule is Fc1ccc(N(Cl)N=C(c2ccccc2)c2ccccc2)cc1. The molecule has 2 nitrogen and oxygen atoms in total. The van der Waals surface area contributed by atoms with E-state index in [1.807, 2.05) is 60.7 Å². The van der Waals surface area contributed by atoms with Crippen LogP contribution in [-0.2, 0) is 0 Å². The molecule has 4 heteroatoms. The Morgan fingerprint density at radius 3 is 1.70 bits per heavy atom. The Kier molecular flexibility index (Phi) is 4.69. The lowest BCUT2D eigenvalue weighted by Gasteiger charge is -2.13. The van der Waals surface area contributed by atoms with Crippen molar-refractivity contribution >= 4 is 23.2 Å². The van der Waals surface area contributed by atoms with Crippen molar-refractivity contribution in [3.63, 3.8) is 0 Å². The van der Waals surface area contributed by atoms with Crippen LogP contribution in [0.2, 0.25) is 0 Å². The molecule has 0 aliphatic heterocycles. The molecule has 3 aromatic carbocycles. The van der Waals surface area contributed by atoms with E-state index in [-0.39, 0.29) is 5.82 Å². The molecule has 0 heterocycles. The molecule has 0 fully saturated rings. The van der Waals surface area contributed by atoms with Crippen LogP contribution in [-0.4, -0.2) is 5.71 Å². The van der Waals surface area contributed by atoms with Gasteiger partial charge in [-0.1, -0.05) is 60.7 Å². The molecule has 3 rings (SSSR count). The molecule has 0 aliphatic carbocycles. The predicted molar refractivity (Wildman–Crippen MR) is 93.3 cm³/mol. The third kappa shape index (κ3) is 3.76. The van der Waals surface area contributed by atoms with Crippen LogP contribution in [0.4, 0.5) is 10.1 Å². The highest BCUT2D eigenvalue weighted by Gasteiger charge is 2.10. The summed E-state index contributed by atoms with van der Waals surface area (Å²) in [5.41, 5.74) is 3.24. The maximum Gasteiger partial charge on any atom is 0.123 e. The first kappa shape index (κ1) is 15.3. The van der Waals surface area contributed by atoms with Crippen molar-refractivity contribution in [3.05, 3.63) is 102 Å². The summed E-state index contributed by atoms with van der Waals surface area (Å²) in [6.07, 6.45) is 0. The molecule has 23 heavy (non-hydrogen) atoms. The first-order valence-electron chi connectivity index (χ1n) is 7.15. The van der Waals surface area contributed by atoms with E-state index in [2.05, 4.69) is 5.10 Å². The lowest BCUT2D eigenvalue weighted by atomic mass is 10.0. The van der Waals surface area contributed by atoms with Gasteiger partial charge in [-0.3, -0.25) is 0 Å². The molecule has 0 unspecified atom stereocenters. The summed E-state index contributed by atoms with van der Waals surface area (Å²) in [4.78, 5) is 0. The molecule has 0 saturated heterocycles. The van der Waals surface area contributed by atoms with Crippen molar-refractivity contribution in [2.45, 2.75) is 0 Å². The van der Waals surface area contributed by atoms with Gasteiger partial charge in [0.2, 0.25) is 0 Å². The van der Waals surface area contributed by atoms with Crippen molar-refractivity contribution in [1.82, 2.24) is 0 Å². The topological polar surface area (TPSA) is 15.6 Å². The third-order valence-corrected chi connectivity index (χ3v) is 3.59. The minimum atomic E-state index is -0.311. The summed E-state index contributed by atoms with van der Waals surface area (Å²) in [7, 11) is 0. The predicted octanol–water partition coefficient (Wildman–Crippen LogP) is 5.24. The molecular formula is C19H14ClFN2. The van der Waals surface area contributed by atoms with Gasteiger partial charge in [-0.25, -0.2) is 4.39 Å². The quantitative estimate of drug-likeness (QED) is 0.364. The molecular weight excluding hydrogens is 311 g/mol. The molecule has 0 bridgehead atoms. The van der Waals surface area contributed by atoms with Gasteiger partial charge < -0.3 is 0 Å². The lowest BCUT2D eigenvalue weighted by Crippen LogP contribution is -2.10. The Labute approximate surface area is 139 Å². The first-order valence-corrected chi connectivity index (χ1v) is 7.49. The summed E-state index contributed by atoms with van der Waals surface area (Å²) in [6, 6.07) is 25.5. The van der Waals surface area contributed by atoms with Crippen LogP contribution < -0.4 is 4.53 Å². The van der Waals surface area contributed by atoms with Crippen LogP contribution in [0.5, 0.6) is 0 Å². The highest BCUT2D eigenvalue weighted by molar-refractivity contribution is 6.27. The number of anilines is 1. The lowest BCUT2D eigenvalue weighted by molar-refractivity contribution is 0.628. The highest BCUT2D eigenvalue weighted by atomic mass is 35.5. The van der Waals surface area contributed by atoms with E-state index >= 15 is 0 Å². The average Bonchev–Trinajstić information content (AvgIpc) is 2.61. The van der Waals surface area contributed by atoms with Crippen LogP contribution in [0.3, 0.4) is 0 Å². The van der Waals surface area contributed by atoms with Crippen molar-refractivity contribution in [2.75, 3.05) is 4.53 Å². The van der Waals surface area contributed by atoms with Gasteiger partial charge in [0.1, 0.15) is 5.82 Å². The smallest absolute Gasteiger partial charge is 0.123 e. The number of hydrogen-bond acceptors (Lipinski definition) is 2. The molecule has 3 aromatic rings. The van der Waals surface area contributed by atoms with Crippen molar-refractivity contribution in [1.29, 1.82) is 0 Å². The normalized spacial score (nSPS) is 10.2. The van der Waals surface area contributed by atoms with Crippen LogP contribution >= 0.6 is 11.8 Å². The van der Waals surface area contributed by atoms with E-state index in [0.717, 1.165) is 16.8 Å². The van der Waals surface area contributed by atoms with E-state index in [9.17, 15) is 4.39 Å². The van der Waals surface area contributed by atoms with Crippen LogP contribution in [0.15, 0.2) is 90.0 Å². The maximum absolute atomic E-state index is 13.0. The van der Waals surface area contributed by atoms with Crippen LogP contribution in [0, 0.1) is 5.82 Å². The molecule has 0 atom stereocenters. The maximum atomic E-state index is 13.0. The van der Waals surface area contributed by atoms with Crippen LogP contribution in [0.25, 0.3) is 0 Å². The molecule has 0 aliphatic rings. The van der Waals surface area contributed by atoms with Gasteiger partial charge in [0.25, 0.3) is 0 Å². The second-order valence-electron chi connectivity index (χ2n) is 4.92.